The minimum Gasteiger partial charge on any atom is -0.457 e. The van der Waals surface area contributed by atoms with Crippen LogP contribution in [0.15, 0.2) is 42.5 Å². The first kappa shape index (κ1) is 17.4. The average molecular weight is 292 g/mol. The molecule has 0 saturated heterocycles. The number of rotatable bonds is 7. The number of esters is 1. The van der Waals surface area contributed by atoms with Crippen LogP contribution < -0.4 is 0 Å². The predicted molar refractivity (Wildman–Crippen MR) is 81.6 cm³/mol. The van der Waals surface area contributed by atoms with E-state index >= 15 is 0 Å². The van der Waals surface area contributed by atoms with Crippen LogP contribution >= 0.6 is 0 Å². The molecule has 0 radical (unpaired) electrons. The molecular formula is C17H24O4. The van der Waals surface area contributed by atoms with Crippen molar-refractivity contribution in [1.82, 2.24) is 0 Å². The molecule has 1 aromatic carbocycles. The zero-order chi connectivity index (χ0) is 15.7. The molecule has 1 rings (SSSR count). The molecule has 0 aromatic heterocycles. The van der Waals surface area contributed by atoms with Crippen LogP contribution in [0.2, 0.25) is 0 Å². The van der Waals surface area contributed by atoms with E-state index in [1.807, 2.05) is 58.0 Å². The molecule has 0 N–H and O–H groups in total. The molecule has 0 aliphatic rings. The third-order valence-corrected chi connectivity index (χ3v) is 2.44. The van der Waals surface area contributed by atoms with Gasteiger partial charge in [-0.2, -0.15) is 0 Å². The largest absolute Gasteiger partial charge is 0.457 e. The van der Waals surface area contributed by atoms with Crippen LogP contribution in [0.1, 0.15) is 33.3 Å². The molecule has 0 aliphatic carbocycles. The maximum absolute atomic E-state index is 11.5. The third-order valence-electron chi connectivity index (χ3n) is 2.44. The summed E-state index contributed by atoms with van der Waals surface area (Å²) < 4.78 is 16.0. The molecule has 0 unspecified atom stereocenters. The zero-order valence-corrected chi connectivity index (χ0v) is 13.2. The van der Waals surface area contributed by atoms with E-state index in [-0.39, 0.29) is 18.9 Å². The van der Waals surface area contributed by atoms with E-state index in [1.54, 1.807) is 6.08 Å². The summed E-state index contributed by atoms with van der Waals surface area (Å²) in [4.78, 5) is 11.5. The Balaban J connectivity index is 2.19. The highest BCUT2D eigenvalue weighted by atomic mass is 16.7. The second-order valence-corrected chi connectivity index (χ2v) is 5.72. The Morgan fingerprint density at radius 3 is 2.52 bits per heavy atom. The van der Waals surface area contributed by atoms with Crippen molar-refractivity contribution >= 4 is 5.97 Å². The standard InChI is InChI=1S/C17H24O4/c1-14(10-11-16(18)21-17(2,3)4)20-13-19-12-15-8-6-5-7-9-15/h5-11,14H,12-13H2,1-4H3/b11-10+/t14-/m0/s1. The molecule has 4 heteroatoms. The highest BCUT2D eigenvalue weighted by Crippen LogP contribution is 2.07. The van der Waals surface area contributed by atoms with Crippen LogP contribution in [-0.4, -0.2) is 24.5 Å². The normalized spacial score (nSPS) is 13.3. The second kappa shape index (κ2) is 8.60. The van der Waals surface area contributed by atoms with E-state index in [4.69, 9.17) is 14.2 Å². The molecule has 1 atom stereocenters. The highest BCUT2D eigenvalue weighted by Gasteiger charge is 2.14. The second-order valence-electron chi connectivity index (χ2n) is 5.72. The number of carbonyl (C=O) groups is 1. The van der Waals surface area contributed by atoms with E-state index in [0.29, 0.717) is 6.61 Å². The maximum atomic E-state index is 11.5. The van der Waals surface area contributed by atoms with Crippen molar-refractivity contribution in [3.05, 3.63) is 48.0 Å². The highest BCUT2D eigenvalue weighted by molar-refractivity contribution is 5.82. The Morgan fingerprint density at radius 2 is 1.90 bits per heavy atom. The fraction of sp³-hybridized carbons (Fsp3) is 0.471. The summed E-state index contributed by atoms with van der Waals surface area (Å²) in [6.45, 7) is 8.01. The van der Waals surface area contributed by atoms with Gasteiger partial charge >= 0.3 is 5.97 Å². The number of ether oxygens (including phenoxy) is 3. The van der Waals surface area contributed by atoms with E-state index in [9.17, 15) is 4.79 Å². The molecule has 0 fully saturated rings. The summed E-state index contributed by atoms with van der Waals surface area (Å²) in [7, 11) is 0. The van der Waals surface area contributed by atoms with Crippen molar-refractivity contribution in [3.8, 4) is 0 Å². The van der Waals surface area contributed by atoms with Crippen molar-refractivity contribution in [3.63, 3.8) is 0 Å². The van der Waals surface area contributed by atoms with E-state index in [0.717, 1.165) is 5.56 Å². The van der Waals surface area contributed by atoms with Gasteiger partial charge in [0.05, 0.1) is 12.7 Å². The van der Waals surface area contributed by atoms with Gasteiger partial charge < -0.3 is 14.2 Å². The molecule has 0 saturated carbocycles. The minimum atomic E-state index is -0.482. The van der Waals surface area contributed by atoms with Crippen molar-refractivity contribution < 1.29 is 19.0 Å². The SMILES string of the molecule is C[C@@H](/C=C/C(=O)OC(C)(C)C)OCOCc1ccccc1. The molecule has 0 aliphatic heterocycles. The number of benzene rings is 1. The lowest BCUT2D eigenvalue weighted by molar-refractivity contribution is -0.148. The Bertz CT molecular complexity index is 446. The third kappa shape index (κ3) is 9.00. The monoisotopic (exact) mass is 292 g/mol. The van der Waals surface area contributed by atoms with Crippen molar-refractivity contribution in [2.75, 3.05) is 6.79 Å². The molecule has 1 aromatic rings. The summed E-state index contributed by atoms with van der Waals surface area (Å²) >= 11 is 0. The fourth-order valence-electron chi connectivity index (χ4n) is 1.49. The van der Waals surface area contributed by atoms with E-state index in [2.05, 4.69) is 0 Å². The molecule has 0 amide bonds. The van der Waals surface area contributed by atoms with Crippen LogP contribution in [0.4, 0.5) is 0 Å². The Morgan fingerprint density at radius 1 is 1.24 bits per heavy atom. The van der Waals surface area contributed by atoms with Crippen LogP contribution in [0.3, 0.4) is 0 Å². The van der Waals surface area contributed by atoms with Gasteiger partial charge in [0, 0.05) is 6.08 Å². The maximum Gasteiger partial charge on any atom is 0.331 e. The van der Waals surface area contributed by atoms with Gasteiger partial charge in [0.2, 0.25) is 0 Å². The summed E-state index contributed by atoms with van der Waals surface area (Å²) in [5.74, 6) is -0.372. The van der Waals surface area contributed by atoms with Gasteiger partial charge in [0.1, 0.15) is 12.4 Å². The Labute approximate surface area is 126 Å². The zero-order valence-electron chi connectivity index (χ0n) is 13.2. The van der Waals surface area contributed by atoms with Gasteiger partial charge in [-0.25, -0.2) is 4.79 Å². The van der Waals surface area contributed by atoms with E-state index in [1.165, 1.54) is 6.08 Å². The lowest BCUT2D eigenvalue weighted by Gasteiger charge is -2.18. The van der Waals surface area contributed by atoms with Crippen LogP contribution in [0, 0.1) is 0 Å². The summed E-state index contributed by atoms with van der Waals surface area (Å²) in [5, 5.41) is 0. The molecule has 116 valence electrons. The van der Waals surface area contributed by atoms with Gasteiger partial charge in [-0.05, 0) is 39.3 Å². The molecule has 21 heavy (non-hydrogen) atoms. The molecule has 0 bridgehead atoms. The molecule has 0 spiro atoms. The predicted octanol–water partition coefficient (Wildman–Crippen LogP) is 3.46. The van der Waals surface area contributed by atoms with Gasteiger partial charge in [0.25, 0.3) is 0 Å². The first-order chi connectivity index (χ1) is 9.87. The van der Waals surface area contributed by atoms with Crippen molar-refractivity contribution in [2.24, 2.45) is 0 Å². The lowest BCUT2D eigenvalue weighted by atomic mass is 10.2. The van der Waals surface area contributed by atoms with Gasteiger partial charge in [-0.3, -0.25) is 0 Å². The quantitative estimate of drug-likeness (QED) is 0.334. The first-order valence-corrected chi connectivity index (χ1v) is 7.01. The molecule has 4 nitrogen and oxygen atoms in total. The lowest BCUT2D eigenvalue weighted by Crippen LogP contribution is -2.22. The van der Waals surface area contributed by atoms with Crippen molar-refractivity contribution in [1.29, 1.82) is 0 Å². The van der Waals surface area contributed by atoms with Gasteiger partial charge in [0.15, 0.2) is 0 Å². The number of hydrogen-bond acceptors (Lipinski definition) is 4. The summed E-state index contributed by atoms with van der Waals surface area (Å²) in [6, 6.07) is 9.87. The summed E-state index contributed by atoms with van der Waals surface area (Å²) in [5.41, 5.74) is 0.614. The summed E-state index contributed by atoms with van der Waals surface area (Å²) in [6.07, 6.45) is 2.82. The van der Waals surface area contributed by atoms with Crippen LogP contribution in [-0.2, 0) is 25.6 Å². The average Bonchev–Trinajstić information content (AvgIpc) is 2.41. The first-order valence-electron chi connectivity index (χ1n) is 7.01. The van der Waals surface area contributed by atoms with Crippen LogP contribution in [0.25, 0.3) is 0 Å². The minimum absolute atomic E-state index is 0.175. The molecular weight excluding hydrogens is 268 g/mol. The van der Waals surface area contributed by atoms with Gasteiger partial charge in [-0.15, -0.1) is 0 Å². The number of carbonyl (C=O) groups excluding carboxylic acids is 1. The smallest absolute Gasteiger partial charge is 0.331 e. The van der Waals surface area contributed by atoms with Crippen molar-refractivity contribution in [2.45, 2.75) is 46.0 Å². The topological polar surface area (TPSA) is 44.8 Å². The number of hydrogen-bond donors (Lipinski definition) is 0. The fourth-order valence-corrected chi connectivity index (χ4v) is 1.49. The van der Waals surface area contributed by atoms with Gasteiger partial charge in [-0.1, -0.05) is 30.3 Å². The van der Waals surface area contributed by atoms with E-state index < -0.39 is 5.60 Å². The Kier molecular flexibility index (Phi) is 7.12. The van der Waals surface area contributed by atoms with Crippen LogP contribution in [0.5, 0.6) is 0 Å². The Hall–Kier alpha value is -1.65. The molecule has 0 heterocycles.